The Morgan fingerprint density at radius 2 is 2.00 bits per heavy atom. The number of aliphatic hydroxyl groups is 1. The van der Waals surface area contributed by atoms with Crippen LogP contribution in [0.1, 0.15) is 19.4 Å². The van der Waals surface area contributed by atoms with Gasteiger partial charge in [0.1, 0.15) is 11.4 Å². The van der Waals surface area contributed by atoms with Crippen LogP contribution in [-0.4, -0.2) is 28.8 Å². The van der Waals surface area contributed by atoms with Gasteiger partial charge in [-0.15, -0.1) is 0 Å². The highest BCUT2D eigenvalue weighted by Crippen LogP contribution is 2.21. The zero-order valence-electron chi connectivity index (χ0n) is 9.77. The first-order valence-electron chi connectivity index (χ1n) is 5.29. The van der Waals surface area contributed by atoms with E-state index in [0.29, 0.717) is 5.56 Å². The van der Waals surface area contributed by atoms with Crippen LogP contribution in [-0.2, 0) is 10.3 Å². The monoisotopic (exact) mass is 241 g/mol. The first-order chi connectivity index (χ1) is 7.86. The van der Waals surface area contributed by atoms with Gasteiger partial charge in [-0.2, -0.15) is 0 Å². The summed E-state index contributed by atoms with van der Waals surface area (Å²) in [5, 5.41) is 21.2. The third-order valence-electron chi connectivity index (χ3n) is 2.60. The van der Waals surface area contributed by atoms with Gasteiger partial charge in [0, 0.05) is 6.54 Å². The topological polar surface area (TPSA) is 69.6 Å². The van der Waals surface area contributed by atoms with Crippen molar-refractivity contribution in [1.82, 2.24) is 5.32 Å². The number of aliphatic hydroxyl groups excluding tert-OH is 1. The second-order valence-corrected chi connectivity index (χ2v) is 4.17. The Morgan fingerprint density at radius 1 is 1.47 bits per heavy atom. The third-order valence-corrected chi connectivity index (χ3v) is 2.60. The normalized spacial score (nSPS) is 16.2. The lowest BCUT2D eigenvalue weighted by Gasteiger charge is -2.27. The van der Waals surface area contributed by atoms with Gasteiger partial charge in [0.2, 0.25) is 0 Å². The molecule has 2 atom stereocenters. The Balaban J connectivity index is 2.98. The number of rotatable bonds is 5. The zero-order chi connectivity index (χ0) is 13.1. The molecule has 2 unspecified atom stereocenters. The minimum absolute atomic E-state index is 0.139. The smallest absolute Gasteiger partial charge is 0.328 e. The molecular weight excluding hydrogens is 225 g/mol. The first kappa shape index (κ1) is 13.6. The third kappa shape index (κ3) is 3.25. The molecule has 0 aliphatic rings. The van der Waals surface area contributed by atoms with Crippen LogP contribution in [0, 0.1) is 5.82 Å². The molecule has 0 amide bonds. The molecule has 0 fully saturated rings. The predicted octanol–water partition coefficient (Wildman–Crippen LogP) is 1.10. The standard InChI is InChI=1S/C12H16FNO3/c1-8(15)7-14-12(2,11(16)17)9-3-5-10(13)6-4-9/h3-6,8,14-15H,7H2,1-2H3,(H,16,17). The van der Waals surface area contributed by atoms with E-state index in [4.69, 9.17) is 0 Å². The summed E-state index contributed by atoms with van der Waals surface area (Å²) in [6, 6.07) is 5.25. The van der Waals surface area contributed by atoms with Crippen LogP contribution >= 0.6 is 0 Å². The van der Waals surface area contributed by atoms with Crippen LogP contribution in [0.5, 0.6) is 0 Å². The average molecular weight is 241 g/mol. The number of carbonyl (C=O) groups is 1. The van der Waals surface area contributed by atoms with Gasteiger partial charge in [-0.1, -0.05) is 12.1 Å². The molecule has 5 heteroatoms. The maximum Gasteiger partial charge on any atom is 0.328 e. The summed E-state index contributed by atoms with van der Waals surface area (Å²) in [7, 11) is 0. The second-order valence-electron chi connectivity index (χ2n) is 4.17. The summed E-state index contributed by atoms with van der Waals surface area (Å²) in [6.07, 6.45) is -0.658. The van der Waals surface area contributed by atoms with Gasteiger partial charge in [0.15, 0.2) is 0 Å². The van der Waals surface area contributed by atoms with Gasteiger partial charge in [-0.05, 0) is 31.5 Å². The highest BCUT2D eigenvalue weighted by Gasteiger charge is 2.34. The molecule has 0 spiro atoms. The van der Waals surface area contributed by atoms with Crippen LogP contribution in [0.3, 0.4) is 0 Å². The quantitative estimate of drug-likeness (QED) is 0.722. The van der Waals surface area contributed by atoms with Gasteiger partial charge in [0.25, 0.3) is 0 Å². The Hall–Kier alpha value is -1.46. The molecular formula is C12H16FNO3. The van der Waals surface area contributed by atoms with E-state index >= 15 is 0 Å². The molecule has 3 N–H and O–H groups in total. The molecule has 1 aromatic carbocycles. The maximum atomic E-state index is 12.8. The lowest BCUT2D eigenvalue weighted by molar-refractivity contribution is -0.144. The number of carboxylic acids is 1. The number of carboxylic acid groups (broad SMARTS) is 1. The fourth-order valence-corrected chi connectivity index (χ4v) is 1.44. The lowest BCUT2D eigenvalue weighted by atomic mass is 9.92. The van der Waals surface area contributed by atoms with Crippen molar-refractivity contribution < 1.29 is 19.4 Å². The molecule has 4 nitrogen and oxygen atoms in total. The van der Waals surface area contributed by atoms with Crippen molar-refractivity contribution in [2.75, 3.05) is 6.54 Å². The molecule has 0 saturated heterocycles. The Morgan fingerprint density at radius 3 is 2.41 bits per heavy atom. The summed E-state index contributed by atoms with van der Waals surface area (Å²) in [5.74, 6) is -1.50. The van der Waals surface area contributed by atoms with E-state index in [0.717, 1.165) is 0 Å². The number of nitrogens with one attached hydrogen (secondary N) is 1. The summed E-state index contributed by atoms with van der Waals surface area (Å²) in [6.45, 7) is 3.17. The van der Waals surface area contributed by atoms with Crippen LogP contribution in [0.4, 0.5) is 4.39 Å². The van der Waals surface area contributed by atoms with E-state index in [1.54, 1.807) is 6.92 Å². The van der Waals surface area contributed by atoms with Gasteiger partial charge in [-0.3, -0.25) is 5.32 Å². The molecule has 17 heavy (non-hydrogen) atoms. The van der Waals surface area contributed by atoms with Crippen molar-refractivity contribution in [2.45, 2.75) is 25.5 Å². The molecule has 0 bridgehead atoms. The van der Waals surface area contributed by atoms with E-state index in [1.807, 2.05) is 0 Å². The van der Waals surface area contributed by atoms with Crippen molar-refractivity contribution in [3.05, 3.63) is 35.6 Å². The maximum absolute atomic E-state index is 12.8. The van der Waals surface area contributed by atoms with Crippen LogP contribution in [0.2, 0.25) is 0 Å². The number of halogens is 1. The minimum atomic E-state index is -1.34. The number of aliphatic carboxylic acids is 1. The van der Waals surface area contributed by atoms with E-state index in [2.05, 4.69) is 5.32 Å². The first-order valence-corrected chi connectivity index (χ1v) is 5.29. The van der Waals surface area contributed by atoms with Crippen molar-refractivity contribution in [3.8, 4) is 0 Å². The highest BCUT2D eigenvalue weighted by atomic mass is 19.1. The SMILES string of the molecule is CC(O)CNC(C)(C(=O)O)c1ccc(F)cc1. The number of hydrogen-bond acceptors (Lipinski definition) is 3. The van der Waals surface area contributed by atoms with E-state index < -0.39 is 23.4 Å². The molecule has 0 radical (unpaired) electrons. The Bertz CT molecular complexity index is 391. The van der Waals surface area contributed by atoms with E-state index in [9.17, 15) is 19.4 Å². The number of benzene rings is 1. The van der Waals surface area contributed by atoms with Crippen molar-refractivity contribution in [3.63, 3.8) is 0 Å². The van der Waals surface area contributed by atoms with Gasteiger partial charge in [-0.25, -0.2) is 9.18 Å². The molecule has 1 aromatic rings. The summed E-state index contributed by atoms with van der Waals surface area (Å²) in [4.78, 5) is 11.3. The average Bonchev–Trinajstić information content (AvgIpc) is 2.26. The Kier molecular flexibility index (Phi) is 4.20. The fraction of sp³-hybridized carbons (Fsp3) is 0.417. The number of hydrogen-bond donors (Lipinski definition) is 3. The lowest BCUT2D eigenvalue weighted by Crippen LogP contribution is -2.49. The van der Waals surface area contributed by atoms with Crippen molar-refractivity contribution in [2.24, 2.45) is 0 Å². The molecule has 0 aromatic heterocycles. The van der Waals surface area contributed by atoms with Gasteiger partial charge >= 0.3 is 5.97 Å². The van der Waals surface area contributed by atoms with E-state index in [-0.39, 0.29) is 6.54 Å². The van der Waals surface area contributed by atoms with Crippen LogP contribution < -0.4 is 5.32 Å². The Labute approximate surface area is 99.1 Å². The molecule has 94 valence electrons. The molecule has 1 rings (SSSR count). The van der Waals surface area contributed by atoms with Crippen molar-refractivity contribution >= 4 is 5.97 Å². The summed E-state index contributed by atoms with van der Waals surface area (Å²) >= 11 is 0. The highest BCUT2D eigenvalue weighted by molar-refractivity contribution is 5.80. The van der Waals surface area contributed by atoms with Crippen LogP contribution in [0.15, 0.2) is 24.3 Å². The molecule has 0 heterocycles. The second kappa shape index (κ2) is 5.25. The predicted molar refractivity (Wildman–Crippen MR) is 61.1 cm³/mol. The van der Waals surface area contributed by atoms with E-state index in [1.165, 1.54) is 31.2 Å². The summed E-state index contributed by atoms with van der Waals surface area (Å²) < 4.78 is 12.8. The zero-order valence-corrected chi connectivity index (χ0v) is 9.77. The largest absolute Gasteiger partial charge is 0.480 e. The van der Waals surface area contributed by atoms with Gasteiger partial charge in [0.05, 0.1) is 6.10 Å². The van der Waals surface area contributed by atoms with Crippen molar-refractivity contribution in [1.29, 1.82) is 0 Å². The minimum Gasteiger partial charge on any atom is -0.480 e. The fourth-order valence-electron chi connectivity index (χ4n) is 1.44. The molecule has 0 aliphatic heterocycles. The summed E-state index contributed by atoms with van der Waals surface area (Å²) in [5.41, 5.74) is -0.905. The molecule has 0 aliphatic carbocycles. The van der Waals surface area contributed by atoms with Gasteiger partial charge < -0.3 is 10.2 Å². The van der Waals surface area contributed by atoms with Crippen LogP contribution in [0.25, 0.3) is 0 Å². The molecule has 0 saturated carbocycles.